The molecule has 0 saturated carbocycles. The first kappa shape index (κ1) is 17.9. The fraction of sp³-hybridized carbons (Fsp3) is 0.412. The summed E-state index contributed by atoms with van der Waals surface area (Å²) in [5.41, 5.74) is 0.625. The molecule has 0 aliphatic carbocycles. The molecular weight excluding hydrogens is 322 g/mol. The molecule has 3 rings (SSSR count). The highest BCUT2D eigenvalue weighted by molar-refractivity contribution is 5.88. The minimum absolute atomic E-state index is 0. The third-order valence-corrected chi connectivity index (χ3v) is 4.27. The summed E-state index contributed by atoms with van der Waals surface area (Å²) in [6, 6.07) is 10.6. The van der Waals surface area contributed by atoms with Crippen LogP contribution in [-0.2, 0) is 0 Å². The largest absolute Gasteiger partial charge is 0.508 e. The van der Waals surface area contributed by atoms with Crippen molar-refractivity contribution in [3.8, 4) is 5.75 Å². The number of piperazine rings is 1. The SMILES string of the molecule is Cl.Oc1ccc2ccccc2c1[C@H](CC(F)F)N1CCNCC1. The number of phenolic OH excluding ortho intramolecular Hbond substituents is 1. The number of alkyl halides is 2. The highest BCUT2D eigenvalue weighted by Crippen LogP contribution is 2.38. The van der Waals surface area contributed by atoms with Gasteiger partial charge in [-0.05, 0) is 16.8 Å². The maximum Gasteiger partial charge on any atom is 0.240 e. The van der Waals surface area contributed by atoms with Crippen LogP contribution < -0.4 is 5.32 Å². The molecule has 3 nitrogen and oxygen atoms in total. The maximum atomic E-state index is 13.1. The second-order valence-corrected chi connectivity index (χ2v) is 5.65. The molecule has 2 N–H and O–H groups in total. The molecule has 1 saturated heterocycles. The Morgan fingerprint density at radius 2 is 1.78 bits per heavy atom. The molecule has 2 aromatic carbocycles. The Balaban J connectivity index is 0.00000192. The highest BCUT2D eigenvalue weighted by Gasteiger charge is 2.28. The maximum absolute atomic E-state index is 13.1. The summed E-state index contributed by atoms with van der Waals surface area (Å²) in [4.78, 5) is 2.05. The summed E-state index contributed by atoms with van der Waals surface area (Å²) < 4.78 is 26.3. The van der Waals surface area contributed by atoms with Gasteiger partial charge in [-0.3, -0.25) is 4.90 Å². The van der Waals surface area contributed by atoms with E-state index in [0.717, 1.165) is 23.9 Å². The summed E-state index contributed by atoms with van der Waals surface area (Å²) in [5.74, 6) is 0.0999. The average molecular weight is 343 g/mol. The van der Waals surface area contributed by atoms with Gasteiger partial charge in [0.15, 0.2) is 0 Å². The zero-order valence-electron chi connectivity index (χ0n) is 12.7. The minimum Gasteiger partial charge on any atom is -0.508 e. The molecule has 0 unspecified atom stereocenters. The molecule has 1 heterocycles. The lowest BCUT2D eigenvalue weighted by Gasteiger charge is -2.36. The number of fused-ring (bicyclic) bond motifs is 1. The van der Waals surface area contributed by atoms with Crippen LogP contribution in [0, 0.1) is 0 Å². The normalized spacial score (nSPS) is 17.2. The lowest BCUT2D eigenvalue weighted by atomic mass is 9.94. The van der Waals surface area contributed by atoms with E-state index < -0.39 is 12.5 Å². The molecular formula is C17H21ClF2N2O. The van der Waals surface area contributed by atoms with Crippen molar-refractivity contribution < 1.29 is 13.9 Å². The van der Waals surface area contributed by atoms with Crippen LogP contribution in [0.2, 0.25) is 0 Å². The molecule has 1 atom stereocenters. The fourth-order valence-corrected chi connectivity index (χ4v) is 3.25. The topological polar surface area (TPSA) is 35.5 Å². The number of nitrogens with one attached hydrogen (secondary N) is 1. The zero-order chi connectivity index (χ0) is 15.5. The molecule has 23 heavy (non-hydrogen) atoms. The number of rotatable bonds is 4. The Hall–Kier alpha value is -1.43. The van der Waals surface area contributed by atoms with Crippen LogP contribution in [-0.4, -0.2) is 42.6 Å². The molecule has 1 aliphatic rings. The predicted octanol–water partition coefficient (Wildman–Crippen LogP) is 3.57. The van der Waals surface area contributed by atoms with Crippen molar-refractivity contribution >= 4 is 23.2 Å². The van der Waals surface area contributed by atoms with Gasteiger partial charge in [0.1, 0.15) is 5.75 Å². The number of aromatic hydroxyl groups is 1. The van der Waals surface area contributed by atoms with Gasteiger partial charge in [-0.15, -0.1) is 12.4 Å². The van der Waals surface area contributed by atoms with E-state index >= 15 is 0 Å². The van der Waals surface area contributed by atoms with Gasteiger partial charge in [0.2, 0.25) is 6.43 Å². The van der Waals surface area contributed by atoms with Crippen molar-refractivity contribution in [1.29, 1.82) is 0 Å². The van der Waals surface area contributed by atoms with E-state index in [4.69, 9.17) is 0 Å². The molecule has 0 radical (unpaired) electrons. The summed E-state index contributed by atoms with van der Waals surface area (Å²) >= 11 is 0. The fourth-order valence-electron chi connectivity index (χ4n) is 3.25. The standard InChI is InChI=1S/C17H20F2N2O.ClH/c18-16(19)11-14(21-9-7-20-8-10-21)17-13-4-2-1-3-12(13)5-6-15(17)22;/h1-6,14,16,20,22H,7-11H2;1H/t14-;/m0./s1. The van der Waals surface area contributed by atoms with Crippen LogP contribution in [0.25, 0.3) is 10.8 Å². The molecule has 1 fully saturated rings. The van der Waals surface area contributed by atoms with Crippen LogP contribution in [0.15, 0.2) is 36.4 Å². The zero-order valence-corrected chi connectivity index (χ0v) is 13.5. The Morgan fingerprint density at radius 3 is 2.48 bits per heavy atom. The smallest absolute Gasteiger partial charge is 0.240 e. The molecule has 0 bridgehead atoms. The van der Waals surface area contributed by atoms with Gasteiger partial charge in [-0.1, -0.05) is 30.3 Å². The van der Waals surface area contributed by atoms with Gasteiger partial charge in [0.05, 0.1) is 0 Å². The summed E-state index contributed by atoms with van der Waals surface area (Å²) in [6.07, 6.45) is -2.67. The Labute approximate surface area is 140 Å². The predicted molar refractivity (Wildman–Crippen MR) is 90.7 cm³/mol. The van der Waals surface area contributed by atoms with Gasteiger partial charge in [0, 0.05) is 44.2 Å². The van der Waals surface area contributed by atoms with E-state index in [2.05, 4.69) is 5.32 Å². The van der Waals surface area contributed by atoms with Gasteiger partial charge in [0.25, 0.3) is 0 Å². The third-order valence-electron chi connectivity index (χ3n) is 4.27. The number of benzene rings is 2. The first-order chi connectivity index (χ1) is 10.7. The monoisotopic (exact) mass is 342 g/mol. The Morgan fingerprint density at radius 1 is 1.09 bits per heavy atom. The quantitative estimate of drug-likeness (QED) is 0.891. The second kappa shape index (κ2) is 7.90. The third kappa shape index (κ3) is 3.91. The number of nitrogens with zero attached hydrogens (tertiary/aromatic N) is 1. The van der Waals surface area contributed by atoms with E-state index in [1.54, 1.807) is 6.07 Å². The first-order valence-electron chi connectivity index (χ1n) is 7.60. The van der Waals surface area contributed by atoms with Gasteiger partial charge < -0.3 is 10.4 Å². The molecule has 1 aliphatic heterocycles. The van der Waals surface area contributed by atoms with E-state index in [-0.39, 0.29) is 24.6 Å². The number of hydrogen-bond donors (Lipinski definition) is 2. The van der Waals surface area contributed by atoms with E-state index in [1.807, 2.05) is 35.2 Å². The molecule has 0 spiro atoms. The summed E-state index contributed by atoms with van der Waals surface area (Å²) in [5, 5.41) is 15.4. The Bertz CT molecular complexity index is 648. The molecule has 126 valence electrons. The minimum atomic E-state index is -2.40. The van der Waals surface area contributed by atoms with Crippen LogP contribution in [0.1, 0.15) is 18.0 Å². The molecule has 6 heteroatoms. The van der Waals surface area contributed by atoms with Crippen LogP contribution in [0.3, 0.4) is 0 Å². The van der Waals surface area contributed by atoms with Crippen LogP contribution in [0.5, 0.6) is 5.75 Å². The second-order valence-electron chi connectivity index (χ2n) is 5.65. The van der Waals surface area contributed by atoms with Crippen LogP contribution >= 0.6 is 12.4 Å². The van der Waals surface area contributed by atoms with Gasteiger partial charge in [-0.25, -0.2) is 8.78 Å². The number of phenols is 1. The molecule has 0 aromatic heterocycles. The van der Waals surface area contributed by atoms with E-state index in [9.17, 15) is 13.9 Å². The number of halogens is 3. The number of hydrogen-bond acceptors (Lipinski definition) is 3. The lowest BCUT2D eigenvalue weighted by molar-refractivity contribution is 0.0736. The lowest BCUT2D eigenvalue weighted by Crippen LogP contribution is -2.45. The first-order valence-corrected chi connectivity index (χ1v) is 7.60. The van der Waals surface area contributed by atoms with Gasteiger partial charge in [-0.2, -0.15) is 0 Å². The molecule has 0 amide bonds. The van der Waals surface area contributed by atoms with Crippen molar-refractivity contribution in [3.05, 3.63) is 42.0 Å². The van der Waals surface area contributed by atoms with E-state index in [0.29, 0.717) is 18.7 Å². The average Bonchev–Trinajstić information content (AvgIpc) is 2.54. The summed E-state index contributed by atoms with van der Waals surface area (Å²) in [7, 11) is 0. The van der Waals surface area contributed by atoms with Crippen molar-refractivity contribution in [2.24, 2.45) is 0 Å². The van der Waals surface area contributed by atoms with E-state index in [1.165, 1.54) is 0 Å². The van der Waals surface area contributed by atoms with Crippen molar-refractivity contribution in [2.75, 3.05) is 26.2 Å². The van der Waals surface area contributed by atoms with Crippen molar-refractivity contribution in [3.63, 3.8) is 0 Å². The highest BCUT2D eigenvalue weighted by atomic mass is 35.5. The van der Waals surface area contributed by atoms with Crippen LogP contribution in [0.4, 0.5) is 8.78 Å². The molecule has 2 aromatic rings. The van der Waals surface area contributed by atoms with Crippen molar-refractivity contribution in [1.82, 2.24) is 10.2 Å². The summed E-state index contributed by atoms with van der Waals surface area (Å²) in [6.45, 7) is 2.98. The van der Waals surface area contributed by atoms with Crippen molar-refractivity contribution in [2.45, 2.75) is 18.9 Å². The Kier molecular flexibility index (Phi) is 6.16. The van der Waals surface area contributed by atoms with Gasteiger partial charge >= 0.3 is 0 Å².